The van der Waals surface area contributed by atoms with Gasteiger partial charge in [-0.3, -0.25) is 38.5 Å². The van der Waals surface area contributed by atoms with Crippen molar-refractivity contribution in [2.45, 2.75) is 187 Å². The molecule has 2 saturated heterocycles. The molecule has 0 saturated carbocycles. The Kier molecular flexibility index (Phi) is 25.4. The first-order chi connectivity index (χ1) is 34.5. The van der Waals surface area contributed by atoms with Crippen molar-refractivity contribution in [3.05, 3.63) is 35.9 Å². The molecule has 2 aliphatic heterocycles. The number of aliphatic carboxylic acids is 1. The van der Waals surface area contributed by atoms with Crippen LogP contribution in [0.4, 0.5) is 0 Å². The minimum atomic E-state index is -1.16. The number of nitrogens with one attached hydrogen (secondary N) is 2. The Hall–Kier alpha value is -4.55. The number of carbonyl (C=O) groups excluding carboxylic acids is 7. The topological polar surface area (TPSA) is 212 Å². The molecule has 1 unspecified atom stereocenters. The van der Waals surface area contributed by atoms with Crippen LogP contribution in [0.25, 0.3) is 0 Å². The fourth-order valence-corrected chi connectivity index (χ4v) is 12.2. The molecule has 3 rings (SSSR count). The van der Waals surface area contributed by atoms with Gasteiger partial charge in [0.05, 0.1) is 42.5 Å². The maximum Gasteiger partial charge on any atom is 0.326 e. The summed E-state index contributed by atoms with van der Waals surface area (Å²) in [6.07, 6.45) is 6.12. The molecule has 0 aliphatic carbocycles. The van der Waals surface area contributed by atoms with Crippen LogP contribution in [0.5, 0.6) is 0 Å². The second-order valence-electron chi connectivity index (χ2n) is 21.0. The number of likely N-dealkylation sites (tertiary alicyclic amines) is 2. The molecule has 0 aromatic heterocycles. The predicted molar refractivity (Wildman–Crippen MR) is 284 cm³/mol. The predicted octanol–water partition coefficient (Wildman–Crippen LogP) is 6.20. The number of carboxylic acid groups (broad SMARTS) is 1. The molecule has 17 nitrogen and oxygen atoms in total. The maximum atomic E-state index is 14.7. The molecule has 1 aromatic carbocycles. The normalized spacial score (nSPS) is 19.5. The van der Waals surface area contributed by atoms with E-state index in [0.29, 0.717) is 51.6 Å². The second-order valence-corrected chi connectivity index (χ2v) is 22.3. The average Bonchev–Trinajstić information content (AvgIpc) is 3.96. The molecule has 0 spiro atoms. The number of carbonyl (C=O) groups is 8. The zero-order valence-corrected chi connectivity index (χ0v) is 47.3. The molecule has 10 atom stereocenters. The molecule has 2 fully saturated rings. The lowest BCUT2D eigenvalue weighted by Crippen LogP contribution is -2.60. The van der Waals surface area contributed by atoms with E-state index in [1.165, 1.54) is 24.0 Å². The summed E-state index contributed by atoms with van der Waals surface area (Å²) in [7, 11) is 6.25. The van der Waals surface area contributed by atoms with Crippen LogP contribution in [0.3, 0.4) is 0 Å². The molecule has 0 bridgehead atoms. The van der Waals surface area contributed by atoms with E-state index >= 15 is 0 Å². The molecule has 73 heavy (non-hydrogen) atoms. The lowest BCUT2D eigenvalue weighted by atomic mass is 9.85. The molecular formula is C55H90N6O11S. The smallest absolute Gasteiger partial charge is 0.326 e. The number of amides is 7. The minimum Gasteiger partial charge on any atom is -0.480 e. The summed E-state index contributed by atoms with van der Waals surface area (Å²) in [6.45, 7) is 17.9. The van der Waals surface area contributed by atoms with Gasteiger partial charge in [0.1, 0.15) is 18.1 Å². The SMILES string of the molecule is CC[C@H](C)[C@@H]([C@@H](CC(=O)N1CCC[C@H]1[C@H](OC)[C@@H](C)C(=O)N[C@@H](Cc1ccccc1)C(=O)O)OC)N(C)C(=O)[C@@H](NC(=O)[C@H](C(C)C)N(C)C(=O)CCCCCN1C(=O)CC(C(CC)(CC)SC)C1=O)C(C)C. The maximum absolute atomic E-state index is 14.7. The van der Waals surface area contributed by atoms with Gasteiger partial charge in [-0.15, -0.1) is 0 Å². The molecule has 7 amide bonds. The quantitative estimate of drug-likeness (QED) is 0.0561. The fraction of sp³-hybridized carbons (Fsp3) is 0.745. The number of nitrogens with zero attached hydrogens (tertiary/aromatic N) is 4. The molecular weight excluding hydrogens is 953 g/mol. The molecule has 2 heterocycles. The van der Waals surface area contributed by atoms with E-state index in [1.807, 2.05) is 53.9 Å². The lowest BCUT2D eigenvalue weighted by molar-refractivity contribution is -0.149. The summed E-state index contributed by atoms with van der Waals surface area (Å²) in [5, 5.41) is 15.6. The Bertz CT molecular complexity index is 1990. The van der Waals surface area contributed by atoms with Crippen LogP contribution in [0.15, 0.2) is 30.3 Å². The summed E-state index contributed by atoms with van der Waals surface area (Å²) in [5.41, 5.74) is 0.764. The summed E-state index contributed by atoms with van der Waals surface area (Å²) in [5.74, 6) is -5.11. The van der Waals surface area contributed by atoms with Gasteiger partial charge >= 0.3 is 5.97 Å². The van der Waals surface area contributed by atoms with Crippen LogP contribution in [0, 0.1) is 29.6 Å². The Balaban J connectivity index is 1.69. The fourth-order valence-electron chi connectivity index (χ4n) is 11.1. The zero-order chi connectivity index (χ0) is 54.9. The third-order valence-electron chi connectivity index (χ3n) is 15.9. The van der Waals surface area contributed by atoms with Crippen molar-refractivity contribution in [1.29, 1.82) is 0 Å². The number of thioether (sulfide) groups is 1. The van der Waals surface area contributed by atoms with Gasteiger partial charge in [-0.25, -0.2) is 4.79 Å². The Labute approximate surface area is 440 Å². The van der Waals surface area contributed by atoms with E-state index in [9.17, 15) is 43.5 Å². The number of carboxylic acids is 1. The van der Waals surface area contributed by atoms with Gasteiger partial charge in [-0.2, -0.15) is 11.8 Å². The van der Waals surface area contributed by atoms with E-state index in [4.69, 9.17) is 9.47 Å². The number of methoxy groups -OCH3 is 2. The monoisotopic (exact) mass is 1040 g/mol. The van der Waals surface area contributed by atoms with Crippen molar-refractivity contribution in [3.63, 3.8) is 0 Å². The second kappa shape index (κ2) is 29.5. The van der Waals surface area contributed by atoms with E-state index in [2.05, 4.69) is 24.5 Å². The number of likely N-dealkylation sites (N-methyl/N-ethyl adjacent to an activating group) is 2. The van der Waals surface area contributed by atoms with Crippen molar-refractivity contribution in [2.75, 3.05) is 47.7 Å². The van der Waals surface area contributed by atoms with Gasteiger partial charge in [0.2, 0.25) is 41.4 Å². The van der Waals surface area contributed by atoms with Gasteiger partial charge in [0.25, 0.3) is 0 Å². The highest BCUT2D eigenvalue weighted by Gasteiger charge is 2.49. The van der Waals surface area contributed by atoms with E-state index < -0.39 is 66.1 Å². The third kappa shape index (κ3) is 16.0. The lowest BCUT2D eigenvalue weighted by Gasteiger charge is -2.41. The summed E-state index contributed by atoms with van der Waals surface area (Å²) < 4.78 is 11.7. The van der Waals surface area contributed by atoms with Crippen LogP contribution >= 0.6 is 11.8 Å². The number of ether oxygens (including phenoxy) is 2. The highest BCUT2D eigenvalue weighted by atomic mass is 32.2. The van der Waals surface area contributed by atoms with Crippen molar-refractivity contribution < 1.29 is 52.9 Å². The molecule has 412 valence electrons. The van der Waals surface area contributed by atoms with Crippen LogP contribution in [-0.2, 0) is 54.3 Å². The first kappa shape index (κ1) is 62.7. The van der Waals surface area contributed by atoms with Crippen LogP contribution in [0.2, 0.25) is 0 Å². The van der Waals surface area contributed by atoms with E-state index in [0.717, 1.165) is 18.4 Å². The molecule has 0 radical (unpaired) electrons. The highest BCUT2D eigenvalue weighted by molar-refractivity contribution is 8.00. The first-order valence-electron chi connectivity index (χ1n) is 26.6. The Morgan fingerprint density at radius 3 is 2.04 bits per heavy atom. The number of hydrogen-bond donors (Lipinski definition) is 3. The summed E-state index contributed by atoms with van der Waals surface area (Å²) >= 11 is 1.66. The zero-order valence-electron chi connectivity index (χ0n) is 46.4. The molecule has 3 N–H and O–H groups in total. The Morgan fingerprint density at radius 1 is 0.863 bits per heavy atom. The van der Waals surface area contributed by atoms with Gasteiger partial charge < -0.3 is 39.9 Å². The van der Waals surface area contributed by atoms with Crippen molar-refractivity contribution in [3.8, 4) is 0 Å². The number of unbranched alkanes of at least 4 members (excludes halogenated alkanes) is 2. The largest absolute Gasteiger partial charge is 0.480 e. The number of imide groups is 1. The van der Waals surface area contributed by atoms with Crippen molar-refractivity contribution in [1.82, 2.24) is 30.2 Å². The van der Waals surface area contributed by atoms with Gasteiger partial charge in [0, 0.05) is 65.4 Å². The van der Waals surface area contributed by atoms with Gasteiger partial charge in [-0.1, -0.05) is 105 Å². The molecule has 1 aromatic rings. The van der Waals surface area contributed by atoms with Crippen LogP contribution in [0.1, 0.15) is 139 Å². The number of rotatable bonds is 31. The van der Waals surface area contributed by atoms with Gasteiger partial charge in [-0.05, 0) is 68.1 Å². The molecule has 18 heteroatoms. The van der Waals surface area contributed by atoms with Gasteiger partial charge in [0.15, 0.2) is 0 Å². The average molecular weight is 1040 g/mol. The Morgan fingerprint density at radius 2 is 1.51 bits per heavy atom. The minimum absolute atomic E-state index is 0.0818. The van der Waals surface area contributed by atoms with E-state index in [1.54, 1.807) is 66.8 Å². The third-order valence-corrected chi connectivity index (χ3v) is 17.5. The van der Waals surface area contributed by atoms with E-state index in [-0.39, 0.29) is 83.6 Å². The highest BCUT2D eigenvalue weighted by Crippen LogP contribution is 2.43. The van der Waals surface area contributed by atoms with Crippen molar-refractivity contribution >= 4 is 59.1 Å². The van der Waals surface area contributed by atoms with Crippen molar-refractivity contribution in [2.24, 2.45) is 29.6 Å². The molecule has 2 aliphatic rings. The number of hydrogen-bond acceptors (Lipinski definition) is 11. The van der Waals surface area contributed by atoms with Crippen LogP contribution < -0.4 is 10.6 Å². The van der Waals surface area contributed by atoms with Crippen LogP contribution in [-0.4, -0.2) is 167 Å². The standard InChI is InChI=1S/C55H90N6O11S/c1-15-36(8)48(42(71-12)33-45(64)60-30-24-27-41(60)49(72-13)37(9)50(65)56-40(54(69)70)31-38-25-20-18-21-26-38)59(11)53(68)46(34(4)5)57-51(66)47(35(6)7)58(10)43(62)28-22-19-23-29-61-44(63)32-39(52(61)67)55(16-2,17-3)73-14/h18,20-21,25-26,34-37,39-42,46-49H,15-17,19,22-24,27-33H2,1-14H3,(H,56,65)(H,57,66)(H,69,70)/t36-,37+,39?,40-,41-,42+,46-,47-,48-,49+/m0/s1. The first-order valence-corrected chi connectivity index (χ1v) is 27.9. The summed E-state index contributed by atoms with van der Waals surface area (Å²) in [4.78, 5) is 115. The summed E-state index contributed by atoms with van der Waals surface area (Å²) in [6, 6.07) is 4.97. The number of benzene rings is 1.